The van der Waals surface area contributed by atoms with Crippen LogP contribution in [0.3, 0.4) is 0 Å². The van der Waals surface area contributed by atoms with Gasteiger partial charge >= 0.3 is 0 Å². The lowest BCUT2D eigenvalue weighted by Gasteiger charge is -2.10. The molecular formula is C13H20O2. The number of aliphatic hydroxyl groups excluding tert-OH is 1. The van der Waals surface area contributed by atoms with Gasteiger partial charge in [0.25, 0.3) is 0 Å². The van der Waals surface area contributed by atoms with Crippen LogP contribution in [0.2, 0.25) is 0 Å². The van der Waals surface area contributed by atoms with E-state index in [0.29, 0.717) is 0 Å². The molecule has 0 saturated heterocycles. The monoisotopic (exact) mass is 208 g/mol. The van der Waals surface area contributed by atoms with Crippen LogP contribution in [0.1, 0.15) is 28.7 Å². The minimum atomic E-state index is 0.130. The predicted molar refractivity (Wildman–Crippen MR) is 62.0 cm³/mol. The second kappa shape index (κ2) is 5.89. The van der Waals surface area contributed by atoms with E-state index >= 15 is 0 Å². The number of rotatable bonds is 5. The topological polar surface area (TPSA) is 29.5 Å². The SMILES string of the molecule is COCCCc1cc(C)c(C)c(CO)c1. The zero-order valence-corrected chi connectivity index (χ0v) is 9.84. The Labute approximate surface area is 91.9 Å². The van der Waals surface area contributed by atoms with Crippen molar-refractivity contribution in [2.75, 3.05) is 13.7 Å². The van der Waals surface area contributed by atoms with Crippen molar-refractivity contribution in [3.05, 3.63) is 34.4 Å². The molecule has 0 aromatic heterocycles. The maximum Gasteiger partial charge on any atom is 0.0684 e. The smallest absolute Gasteiger partial charge is 0.0684 e. The Morgan fingerprint density at radius 2 is 2.00 bits per heavy atom. The van der Waals surface area contributed by atoms with Crippen molar-refractivity contribution in [3.63, 3.8) is 0 Å². The Morgan fingerprint density at radius 3 is 2.60 bits per heavy atom. The van der Waals surface area contributed by atoms with Crippen LogP contribution in [0.15, 0.2) is 12.1 Å². The average Bonchev–Trinajstić information content (AvgIpc) is 2.23. The lowest BCUT2D eigenvalue weighted by atomic mass is 9.98. The first-order chi connectivity index (χ1) is 7.19. The standard InChI is InChI=1S/C13H20O2/c1-10-7-12(5-4-6-15-3)8-13(9-14)11(10)2/h7-8,14H,4-6,9H2,1-3H3. The molecule has 84 valence electrons. The number of hydrogen-bond donors (Lipinski definition) is 1. The van der Waals surface area contributed by atoms with Gasteiger partial charge in [-0.25, -0.2) is 0 Å². The van der Waals surface area contributed by atoms with Gasteiger partial charge in [-0.15, -0.1) is 0 Å². The predicted octanol–water partition coefficient (Wildman–Crippen LogP) is 2.37. The summed E-state index contributed by atoms with van der Waals surface area (Å²) in [7, 11) is 1.72. The first kappa shape index (κ1) is 12.2. The molecule has 0 radical (unpaired) electrons. The number of hydrogen-bond acceptors (Lipinski definition) is 2. The molecule has 1 aromatic carbocycles. The van der Waals surface area contributed by atoms with Gasteiger partial charge < -0.3 is 9.84 Å². The van der Waals surface area contributed by atoms with E-state index in [1.807, 2.05) is 0 Å². The van der Waals surface area contributed by atoms with E-state index in [9.17, 15) is 5.11 Å². The van der Waals surface area contributed by atoms with Crippen molar-refractivity contribution >= 4 is 0 Å². The molecule has 0 saturated carbocycles. The van der Waals surface area contributed by atoms with E-state index in [-0.39, 0.29) is 6.61 Å². The fourth-order valence-electron chi connectivity index (χ4n) is 1.74. The molecule has 1 aromatic rings. The zero-order valence-electron chi connectivity index (χ0n) is 9.84. The fraction of sp³-hybridized carbons (Fsp3) is 0.538. The number of aliphatic hydroxyl groups is 1. The Morgan fingerprint density at radius 1 is 1.27 bits per heavy atom. The van der Waals surface area contributed by atoms with Crippen molar-refractivity contribution in [3.8, 4) is 0 Å². The minimum Gasteiger partial charge on any atom is -0.392 e. The molecule has 0 fully saturated rings. The van der Waals surface area contributed by atoms with Crippen molar-refractivity contribution in [1.29, 1.82) is 0 Å². The fourth-order valence-corrected chi connectivity index (χ4v) is 1.74. The Bertz CT molecular complexity index is 319. The van der Waals surface area contributed by atoms with Gasteiger partial charge in [-0.3, -0.25) is 0 Å². The largest absolute Gasteiger partial charge is 0.392 e. The second-order valence-electron chi connectivity index (χ2n) is 3.95. The molecule has 15 heavy (non-hydrogen) atoms. The molecule has 0 bridgehead atoms. The van der Waals surface area contributed by atoms with Gasteiger partial charge in [-0.05, 0) is 48.9 Å². The van der Waals surface area contributed by atoms with Crippen LogP contribution in [0, 0.1) is 13.8 Å². The van der Waals surface area contributed by atoms with Gasteiger partial charge in [0.2, 0.25) is 0 Å². The quantitative estimate of drug-likeness (QED) is 0.753. The van der Waals surface area contributed by atoms with Gasteiger partial charge in [0.15, 0.2) is 0 Å². The molecule has 0 unspecified atom stereocenters. The van der Waals surface area contributed by atoms with Gasteiger partial charge in [0.05, 0.1) is 6.61 Å². The van der Waals surface area contributed by atoms with Crippen LogP contribution in [0.25, 0.3) is 0 Å². The third-order valence-electron chi connectivity index (χ3n) is 2.82. The summed E-state index contributed by atoms with van der Waals surface area (Å²) in [6.07, 6.45) is 2.05. The molecule has 2 heteroatoms. The van der Waals surface area contributed by atoms with Crippen LogP contribution in [-0.2, 0) is 17.8 Å². The first-order valence-electron chi connectivity index (χ1n) is 5.37. The van der Waals surface area contributed by atoms with Crippen molar-refractivity contribution < 1.29 is 9.84 Å². The van der Waals surface area contributed by atoms with Crippen LogP contribution < -0.4 is 0 Å². The van der Waals surface area contributed by atoms with E-state index in [2.05, 4.69) is 26.0 Å². The summed E-state index contributed by atoms with van der Waals surface area (Å²) in [5.41, 5.74) is 4.79. The van der Waals surface area contributed by atoms with Crippen molar-refractivity contribution in [1.82, 2.24) is 0 Å². The summed E-state index contributed by atoms with van der Waals surface area (Å²) >= 11 is 0. The summed E-state index contributed by atoms with van der Waals surface area (Å²) in [5, 5.41) is 9.21. The maximum atomic E-state index is 9.21. The van der Waals surface area contributed by atoms with Gasteiger partial charge in [0.1, 0.15) is 0 Å². The number of benzene rings is 1. The normalized spacial score (nSPS) is 10.7. The molecule has 0 amide bonds. The second-order valence-corrected chi connectivity index (χ2v) is 3.95. The Balaban J connectivity index is 2.77. The molecule has 0 heterocycles. The zero-order chi connectivity index (χ0) is 11.3. The average molecular weight is 208 g/mol. The van der Waals surface area contributed by atoms with Gasteiger partial charge in [0, 0.05) is 13.7 Å². The summed E-state index contributed by atoms with van der Waals surface area (Å²) in [4.78, 5) is 0. The minimum absolute atomic E-state index is 0.130. The first-order valence-corrected chi connectivity index (χ1v) is 5.37. The molecule has 0 aliphatic heterocycles. The number of ether oxygens (including phenoxy) is 1. The van der Waals surface area contributed by atoms with Crippen LogP contribution in [0.5, 0.6) is 0 Å². The molecule has 0 aliphatic carbocycles. The highest BCUT2D eigenvalue weighted by Crippen LogP contribution is 2.17. The Kier molecular flexibility index (Phi) is 4.79. The highest BCUT2D eigenvalue weighted by molar-refractivity contribution is 5.37. The van der Waals surface area contributed by atoms with E-state index in [0.717, 1.165) is 25.0 Å². The van der Waals surface area contributed by atoms with Crippen molar-refractivity contribution in [2.45, 2.75) is 33.3 Å². The lowest BCUT2D eigenvalue weighted by molar-refractivity contribution is 0.195. The summed E-state index contributed by atoms with van der Waals surface area (Å²) < 4.78 is 5.02. The number of aryl methyl sites for hydroxylation is 2. The maximum absolute atomic E-state index is 9.21. The highest BCUT2D eigenvalue weighted by Gasteiger charge is 2.03. The van der Waals surface area contributed by atoms with E-state index in [4.69, 9.17) is 4.74 Å². The van der Waals surface area contributed by atoms with Gasteiger partial charge in [-0.1, -0.05) is 12.1 Å². The Hall–Kier alpha value is -0.860. The molecule has 0 aliphatic rings. The molecule has 0 atom stereocenters. The molecule has 2 nitrogen and oxygen atoms in total. The van der Waals surface area contributed by atoms with Crippen LogP contribution in [-0.4, -0.2) is 18.8 Å². The molecule has 0 spiro atoms. The summed E-state index contributed by atoms with van der Waals surface area (Å²) in [5.74, 6) is 0. The molecule has 1 N–H and O–H groups in total. The van der Waals surface area contributed by atoms with E-state index in [1.54, 1.807) is 7.11 Å². The van der Waals surface area contributed by atoms with Crippen LogP contribution in [0.4, 0.5) is 0 Å². The van der Waals surface area contributed by atoms with Gasteiger partial charge in [-0.2, -0.15) is 0 Å². The van der Waals surface area contributed by atoms with E-state index < -0.39 is 0 Å². The third kappa shape index (κ3) is 3.33. The summed E-state index contributed by atoms with van der Waals surface area (Å²) in [6, 6.07) is 4.29. The van der Waals surface area contributed by atoms with Crippen molar-refractivity contribution in [2.24, 2.45) is 0 Å². The molecular weight excluding hydrogens is 188 g/mol. The highest BCUT2D eigenvalue weighted by atomic mass is 16.5. The third-order valence-corrected chi connectivity index (χ3v) is 2.82. The molecule has 1 rings (SSSR count). The summed E-state index contributed by atoms with van der Waals surface area (Å²) in [6.45, 7) is 5.07. The van der Waals surface area contributed by atoms with E-state index in [1.165, 1.54) is 16.7 Å². The number of methoxy groups -OCH3 is 1. The van der Waals surface area contributed by atoms with Crippen LogP contribution >= 0.6 is 0 Å². The lowest BCUT2D eigenvalue weighted by Crippen LogP contribution is -1.98.